The number of amides is 1. The van der Waals surface area contributed by atoms with Gasteiger partial charge < -0.3 is 14.8 Å². The molecule has 31 heavy (non-hydrogen) atoms. The van der Waals surface area contributed by atoms with Gasteiger partial charge in [0.1, 0.15) is 0 Å². The lowest BCUT2D eigenvalue weighted by Crippen LogP contribution is -2.35. The van der Waals surface area contributed by atoms with Crippen molar-refractivity contribution in [1.29, 1.82) is 0 Å². The molecule has 0 aliphatic rings. The lowest BCUT2D eigenvalue weighted by Gasteiger charge is -2.06. The van der Waals surface area contributed by atoms with Crippen molar-refractivity contribution in [1.82, 2.24) is 4.57 Å². The van der Waals surface area contributed by atoms with Crippen LogP contribution < -0.4 is 9.88 Å². The number of anilines is 1. The quantitative estimate of drug-likeness (QED) is 0.465. The molecule has 8 heteroatoms. The van der Waals surface area contributed by atoms with Crippen LogP contribution in [0.1, 0.15) is 40.4 Å². The van der Waals surface area contributed by atoms with Crippen molar-refractivity contribution in [2.24, 2.45) is 0 Å². The number of ether oxygens (including phenoxy) is 2. The zero-order valence-corrected chi connectivity index (χ0v) is 18.1. The Labute approximate surface area is 180 Å². The minimum absolute atomic E-state index is 0.0698. The van der Waals surface area contributed by atoms with Gasteiger partial charge in [-0.1, -0.05) is 0 Å². The number of rotatable bonds is 7. The van der Waals surface area contributed by atoms with E-state index in [0.717, 1.165) is 23.4 Å². The predicted molar refractivity (Wildman–Crippen MR) is 115 cm³/mol. The second-order valence-electron chi connectivity index (χ2n) is 6.92. The summed E-state index contributed by atoms with van der Waals surface area (Å²) in [7, 11) is 1.32. The van der Waals surface area contributed by atoms with E-state index < -0.39 is 11.9 Å². The van der Waals surface area contributed by atoms with Crippen LogP contribution in [-0.2, 0) is 27.4 Å². The molecule has 0 fully saturated rings. The highest BCUT2D eigenvalue weighted by Gasteiger charge is 2.24. The van der Waals surface area contributed by atoms with E-state index in [1.807, 2.05) is 24.5 Å². The minimum atomic E-state index is -0.436. The number of esters is 2. The van der Waals surface area contributed by atoms with E-state index in [4.69, 9.17) is 4.74 Å². The number of imidazole rings is 1. The van der Waals surface area contributed by atoms with Crippen LogP contribution in [0.3, 0.4) is 0 Å². The van der Waals surface area contributed by atoms with Crippen LogP contribution in [0.5, 0.6) is 0 Å². The third kappa shape index (κ3) is 4.58. The fraction of sp³-hybridized carbons (Fsp3) is 0.304. The van der Waals surface area contributed by atoms with Crippen molar-refractivity contribution in [2.45, 2.75) is 33.9 Å². The second-order valence-corrected chi connectivity index (χ2v) is 6.92. The van der Waals surface area contributed by atoms with Crippen molar-refractivity contribution in [3.05, 3.63) is 59.4 Å². The van der Waals surface area contributed by atoms with Gasteiger partial charge in [-0.25, -0.2) is 18.7 Å². The summed E-state index contributed by atoms with van der Waals surface area (Å²) in [4.78, 5) is 36.5. The number of nitrogens with zero attached hydrogens (tertiary/aromatic N) is 2. The summed E-state index contributed by atoms with van der Waals surface area (Å²) in [6.45, 7) is 6.81. The summed E-state index contributed by atoms with van der Waals surface area (Å²) in [5.74, 6) is -0.160. The maximum absolute atomic E-state index is 12.7. The normalized spacial score (nSPS) is 10.7. The molecule has 2 aromatic carbocycles. The molecule has 0 aliphatic heterocycles. The first-order valence-corrected chi connectivity index (χ1v) is 10.1. The van der Waals surface area contributed by atoms with Crippen LogP contribution in [0.15, 0.2) is 42.5 Å². The van der Waals surface area contributed by atoms with E-state index in [-0.39, 0.29) is 12.5 Å². The molecule has 1 N–H and O–H groups in total. The highest BCUT2D eigenvalue weighted by Crippen LogP contribution is 2.18. The molecule has 0 unspecified atom stereocenters. The number of fused-ring (bicyclic) bond motifs is 1. The number of aryl methyl sites for hydroxylation is 1. The average Bonchev–Trinajstić information content (AvgIpc) is 3.03. The molecule has 1 heterocycles. The first-order chi connectivity index (χ1) is 14.9. The Kier molecular flexibility index (Phi) is 6.69. The Morgan fingerprint density at radius 1 is 1.00 bits per heavy atom. The molecule has 0 saturated heterocycles. The molecule has 0 radical (unpaired) electrons. The SMILES string of the molecule is CCOC(=O)c1ccc2c(c1)n(CC(=O)Nc1ccc(C(=O)OC)cc1)c(C)[n+]2CC. The molecule has 3 aromatic rings. The summed E-state index contributed by atoms with van der Waals surface area (Å²) < 4.78 is 13.7. The Bertz CT molecular complexity index is 1130. The monoisotopic (exact) mass is 424 g/mol. The molecule has 3 rings (SSSR count). The number of methoxy groups -OCH3 is 1. The van der Waals surface area contributed by atoms with Gasteiger partial charge >= 0.3 is 11.9 Å². The number of benzene rings is 2. The molecule has 0 spiro atoms. The number of nitrogens with one attached hydrogen (secondary N) is 1. The molecule has 0 aliphatic carbocycles. The van der Waals surface area contributed by atoms with Crippen LogP contribution in [0.25, 0.3) is 11.0 Å². The van der Waals surface area contributed by atoms with Gasteiger partial charge in [0.15, 0.2) is 17.6 Å². The van der Waals surface area contributed by atoms with E-state index in [0.29, 0.717) is 23.4 Å². The number of hydrogen-bond donors (Lipinski definition) is 1. The van der Waals surface area contributed by atoms with Crippen molar-refractivity contribution < 1.29 is 28.4 Å². The summed E-state index contributed by atoms with van der Waals surface area (Å²) in [5, 5.41) is 2.84. The molecule has 0 bridgehead atoms. The van der Waals surface area contributed by atoms with E-state index in [1.54, 1.807) is 43.3 Å². The maximum Gasteiger partial charge on any atom is 0.338 e. The lowest BCUT2D eigenvalue weighted by molar-refractivity contribution is -0.674. The van der Waals surface area contributed by atoms with Crippen molar-refractivity contribution in [3.63, 3.8) is 0 Å². The zero-order valence-electron chi connectivity index (χ0n) is 18.1. The topological polar surface area (TPSA) is 90.5 Å². The smallest absolute Gasteiger partial charge is 0.338 e. The van der Waals surface area contributed by atoms with Crippen LogP contribution in [0.4, 0.5) is 5.69 Å². The summed E-state index contributed by atoms with van der Waals surface area (Å²) in [6.07, 6.45) is 0. The van der Waals surface area contributed by atoms with E-state index in [9.17, 15) is 14.4 Å². The van der Waals surface area contributed by atoms with E-state index in [1.165, 1.54) is 7.11 Å². The van der Waals surface area contributed by atoms with Gasteiger partial charge in [-0.15, -0.1) is 0 Å². The Balaban J connectivity index is 1.88. The predicted octanol–water partition coefficient (Wildman–Crippen LogP) is 2.86. The van der Waals surface area contributed by atoms with Crippen LogP contribution in [0.2, 0.25) is 0 Å². The van der Waals surface area contributed by atoms with Gasteiger partial charge in [-0.05, 0) is 50.2 Å². The molecular formula is C23H26N3O5+. The summed E-state index contributed by atoms with van der Waals surface area (Å²) in [6, 6.07) is 11.8. The Morgan fingerprint density at radius 2 is 1.68 bits per heavy atom. The standard InChI is InChI=1S/C23H25N3O5/c1-5-25-15(3)26(20-13-17(9-12-19(20)25)23(29)31-6-2)14-21(27)24-18-10-7-16(8-11-18)22(28)30-4/h7-13H,5-6,14H2,1-4H3/p+1. The first kappa shape index (κ1) is 22.0. The van der Waals surface area contributed by atoms with Crippen LogP contribution in [-0.4, -0.2) is 36.1 Å². The fourth-order valence-corrected chi connectivity index (χ4v) is 3.55. The Hall–Kier alpha value is -3.68. The summed E-state index contributed by atoms with van der Waals surface area (Å²) in [5.41, 5.74) is 3.13. The number of carbonyl (C=O) groups is 3. The van der Waals surface area contributed by atoms with E-state index in [2.05, 4.69) is 14.6 Å². The number of hydrogen-bond acceptors (Lipinski definition) is 5. The van der Waals surface area contributed by atoms with Gasteiger partial charge in [0.2, 0.25) is 0 Å². The van der Waals surface area contributed by atoms with E-state index >= 15 is 0 Å². The van der Waals surface area contributed by atoms with Crippen LogP contribution in [0, 0.1) is 6.92 Å². The van der Waals surface area contributed by atoms with Gasteiger partial charge in [-0.3, -0.25) is 4.79 Å². The van der Waals surface area contributed by atoms with Gasteiger partial charge in [0.05, 0.1) is 31.4 Å². The number of aromatic nitrogens is 2. The van der Waals surface area contributed by atoms with Crippen LogP contribution >= 0.6 is 0 Å². The van der Waals surface area contributed by atoms with Gasteiger partial charge in [0.25, 0.3) is 11.7 Å². The Morgan fingerprint density at radius 3 is 2.29 bits per heavy atom. The molecule has 0 saturated carbocycles. The first-order valence-electron chi connectivity index (χ1n) is 10.1. The molecule has 162 valence electrons. The molecular weight excluding hydrogens is 398 g/mol. The molecule has 1 aromatic heterocycles. The van der Waals surface area contributed by atoms with Crippen molar-refractivity contribution in [3.8, 4) is 0 Å². The third-order valence-electron chi connectivity index (χ3n) is 5.06. The summed E-state index contributed by atoms with van der Waals surface area (Å²) >= 11 is 0. The highest BCUT2D eigenvalue weighted by atomic mass is 16.5. The minimum Gasteiger partial charge on any atom is -0.465 e. The molecule has 1 amide bonds. The van der Waals surface area contributed by atoms with Gasteiger partial charge in [0, 0.05) is 18.7 Å². The highest BCUT2D eigenvalue weighted by molar-refractivity contribution is 5.95. The number of carbonyl (C=O) groups excluding carboxylic acids is 3. The average molecular weight is 424 g/mol. The molecule has 8 nitrogen and oxygen atoms in total. The van der Waals surface area contributed by atoms with Crippen molar-refractivity contribution >= 4 is 34.6 Å². The lowest BCUT2D eigenvalue weighted by atomic mass is 10.2. The fourth-order valence-electron chi connectivity index (χ4n) is 3.55. The molecule has 0 atom stereocenters. The zero-order chi connectivity index (χ0) is 22.5. The largest absolute Gasteiger partial charge is 0.465 e. The second kappa shape index (κ2) is 9.42. The third-order valence-corrected chi connectivity index (χ3v) is 5.06. The van der Waals surface area contributed by atoms with Gasteiger partial charge in [-0.2, -0.15) is 0 Å². The van der Waals surface area contributed by atoms with Crippen molar-refractivity contribution in [2.75, 3.05) is 19.0 Å². The maximum atomic E-state index is 12.7.